The van der Waals surface area contributed by atoms with Crippen LogP contribution in [0.15, 0.2) is 22.7 Å². The molecule has 0 saturated heterocycles. The van der Waals surface area contributed by atoms with E-state index in [2.05, 4.69) is 15.9 Å². The lowest BCUT2D eigenvalue weighted by molar-refractivity contribution is -0.136. The molecule has 1 aliphatic carbocycles. The largest absolute Gasteiger partial charge is 0.481 e. The van der Waals surface area contributed by atoms with Crippen molar-refractivity contribution in [3.63, 3.8) is 0 Å². The van der Waals surface area contributed by atoms with E-state index in [1.807, 2.05) is 11.8 Å². The van der Waals surface area contributed by atoms with Gasteiger partial charge in [-0.2, -0.15) is 0 Å². The Hall–Kier alpha value is -1.10. The van der Waals surface area contributed by atoms with Crippen molar-refractivity contribution in [2.45, 2.75) is 45.1 Å². The van der Waals surface area contributed by atoms with Gasteiger partial charge in [-0.3, -0.25) is 4.79 Å². The molecule has 0 aliphatic heterocycles. The lowest BCUT2D eigenvalue weighted by atomic mass is 9.94. The molecule has 3 nitrogen and oxygen atoms in total. The number of carbonyl (C=O) groups excluding carboxylic acids is 1. The number of rotatable bonds is 5. The lowest BCUT2D eigenvalue weighted by Crippen LogP contribution is -2.43. The van der Waals surface area contributed by atoms with Gasteiger partial charge in [0, 0.05) is 17.1 Å². The number of halogens is 2. The molecule has 0 N–H and O–H groups in total. The van der Waals surface area contributed by atoms with Crippen molar-refractivity contribution in [3.8, 4) is 5.75 Å². The Bertz CT molecular complexity index is 489. The average molecular weight is 358 g/mol. The van der Waals surface area contributed by atoms with Crippen LogP contribution in [-0.2, 0) is 4.79 Å². The highest BCUT2D eigenvalue weighted by Crippen LogP contribution is 2.24. The summed E-state index contributed by atoms with van der Waals surface area (Å²) in [6.45, 7) is 2.55. The monoisotopic (exact) mass is 357 g/mol. The van der Waals surface area contributed by atoms with E-state index in [0.29, 0.717) is 17.1 Å². The van der Waals surface area contributed by atoms with Crippen molar-refractivity contribution >= 4 is 21.8 Å². The Labute approximate surface area is 133 Å². The fourth-order valence-corrected chi connectivity index (χ4v) is 3.18. The van der Waals surface area contributed by atoms with Crippen molar-refractivity contribution in [3.05, 3.63) is 28.5 Å². The Kier molecular flexibility index (Phi) is 6.03. The van der Waals surface area contributed by atoms with E-state index in [1.54, 1.807) is 6.07 Å². The lowest BCUT2D eigenvalue weighted by Gasteiger charge is -2.33. The van der Waals surface area contributed by atoms with Crippen LogP contribution in [-0.4, -0.2) is 30.0 Å². The van der Waals surface area contributed by atoms with Crippen LogP contribution in [0, 0.1) is 5.82 Å². The molecule has 0 spiro atoms. The zero-order valence-corrected chi connectivity index (χ0v) is 13.9. The Balaban J connectivity index is 1.92. The molecule has 1 fully saturated rings. The van der Waals surface area contributed by atoms with Crippen molar-refractivity contribution in [1.29, 1.82) is 0 Å². The van der Waals surface area contributed by atoms with Crippen LogP contribution in [0.5, 0.6) is 5.75 Å². The number of hydrogen-bond acceptors (Lipinski definition) is 2. The zero-order chi connectivity index (χ0) is 15.2. The quantitative estimate of drug-likeness (QED) is 0.792. The van der Waals surface area contributed by atoms with Gasteiger partial charge in [0.15, 0.2) is 18.2 Å². The number of benzene rings is 1. The van der Waals surface area contributed by atoms with Crippen LogP contribution in [0.25, 0.3) is 0 Å². The van der Waals surface area contributed by atoms with Gasteiger partial charge in [-0.05, 0) is 38.0 Å². The summed E-state index contributed by atoms with van der Waals surface area (Å²) in [5.41, 5.74) is 0. The van der Waals surface area contributed by atoms with Crippen molar-refractivity contribution < 1.29 is 13.9 Å². The summed E-state index contributed by atoms with van der Waals surface area (Å²) in [6, 6.07) is 4.87. The first-order valence-corrected chi connectivity index (χ1v) is 8.28. The summed E-state index contributed by atoms with van der Waals surface area (Å²) in [5.74, 6) is -0.407. The van der Waals surface area contributed by atoms with E-state index in [1.165, 1.54) is 31.4 Å². The Morgan fingerprint density at radius 1 is 1.38 bits per heavy atom. The molecule has 0 unspecified atom stereocenters. The first kappa shape index (κ1) is 16.3. The van der Waals surface area contributed by atoms with Crippen LogP contribution in [0.3, 0.4) is 0 Å². The molecule has 2 rings (SSSR count). The van der Waals surface area contributed by atoms with E-state index >= 15 is 0 Å². The highest BCUT2D eigenvalue weighted by atomic mass is 79.9. The summed E-state index contributed by atoms with van der Waals surface area (Å²) < 4.78 is 19.6. The van der Waals surface area contributed by atoms with E-state index in [4.69, 9.17) is 4.74 Å². The van der Waals surface area contributed by atoms with Gasteiger partial charge >= 0.3 is 0 Å². The summed E-state index contributed by atoms with van der Waals surface area (Å²) in [5, 5.41) is 0. The second-order valence-corrected chi connectivity index (χ2v) is 6.25. The molecular weight excluding hydrogens is 337 g/mol. The highest BCUT2D eigenvalue weighted by molar-refractivity contribution is 9.10. The van der Waals surface area contributed by atoms with E-state index in [9.17, 15) is 9.18 Å². The Morgan fingerprint density at radius 3 is 2.71 bits per heavy atom. The first-order chi connectivity index (χ1) is 10.1. The minimum Gasteiger partial charge on any atom is -0.481 e. The second-order valence-electron chi connectivity index (χ2n) is 5.34. The molecule has 1 aromatic carbocycles. The molecule has 0 atom stereocenters. The number of nitrogens with zero attached hydrogens (tertiary/aromatic N) is 1. The number of carbonyl (C=O) groups is 1. The smallest absolute Gasteiger partial charge is 0.260 e. The minimum absolute atomic E-state index is 0.0632. The summed E-state index contributed by atoms with van der Waals surface area (Å²) in [6.07, 6.45) is 5.73. The molecule has 1 amide bonds. The normalized spacial score (nSPS) is 15.8. The van der Waals surface area contributed by atoms with E-state index in [-0.39, 0.29) is 18.3 Å². The van der Waals surface area contributed by atoms with Crippen LogP contribution >= 0.6 is 15.9 Å². The SMILES string of the molecule is CCN(C(=O)COc1ccc(Br)cc1F)C1CCCCC1. The van der Waals surface area contributed by atoms with Crippen LogP contribution in [0.2, 0.25) is 0 Å². The minimum atomic E-state index is -0.460. The summed E-state index contributed by atoms with van der Waals surface area (Å²) >= 11 is 3.19. The maximum Gasteiger partial charge on any atom is 0.260 e. The summed E-state index contributed by atoms with van der Waals surface area (Å²) in [7, 11) is 0. The van der Waals surface area contributed by atoms with Gasteiger partial charge in [0.05, 0.1) is 0 Å². The van der Waals surface area contributed by atoms with Gasteiger partial charge in [0.1, 0.15) is 0 Å². The van der Waals surface area contributed by atoms with Gasteiger partial charge in [0.2, 0.25) is 0 Å². The fourth-order valence-electron chi connectivity index (χ4n) is 2.85. The number of amides is 1. The third-order valence-electron chi connectivity index (χ3n) is 3.92. The molecular formula is C16H21BrFNO2. The fraction of sp³-hybridized carbons (Fsp3) is 0.562. The molecule has 1 aliphatic rings. The molecule has 0 heterocycles. The molecule has 21 heavy (non-hydrogen) atoms. The standard InChI is InChI=1S/C16H21BrFNO2/c1-2-19(13-6-4-3-5-7-13)16(20)11-21-15-9-8-12(17)10-14(15)18/h8-10,13H,2-7,11H2,1H3. The molecule has 1 aromatic rings. The van der Waals surface area contributed by atoms with Crippen molar-refractivity contribution in [2.75, 3.05) is 13.2 Å². The average Bonchev–Trinajstić information content (AvgIpc) is 2.48. The predicted octanol–water partition coefficient (Wildman–Crippen LogP) is 4.15. The van der Waals surface area contributed by atoms with Crippen molar-refractivity contribution in [1.82, 2.24) is 4.90 Å². The Morgan fingerprint density at radius 2 is 2.10 bits per heavy atom. The van der Waals surface area contributed by atoms with Crippen LogP contribution in [0.1, 0.15) is 39.0 Å². The molecule has 116 valence electrons. The molecule has 1 saturated carbocycles. The van der Waals surface area contributed by atoms with Gasteiger partial charge in [-0.25, -0.2) is 4.39 Å². The predicted molar refractivity (Wildman–Crippen MR) is 83.9 cm³/mol. The second kappa shape index (κ2) is 7.78. The van der Waals surface area contributed by atoms with E-state index in [0.717, 1.165) is 12.8 Å². The van der Waals surface area contributed by atoms with Crippen molar-refractivity contribution in [2.24, 2.45) is 0 Å². The number of likely N-dealkylation sites (N-methyl/N-ethyl adjacent to an activating group) is 1. The summed E-state index contributed by atoms with van der Waals surface area (Å²) in [4.78, 5) is 14.2. The third kappa shape index (κ3) is 4.43. The maximum absolute atomic E-state index is 13.7. The number of hydrogen-bond donors (Lipinski definition) is 0. The van der Waals surface area contributed by atoms with E-state index < -0.39 is 5.82 Å². The van der Waals surface area contributed by atoms with Gasteiger partial charge in [-0.1, -0.05) is 35.2 Å². The van der Waals surface area contributed by atoms with Crippen LogP contribution < -0.4 is 4.74 Å². The molecule has 5 heteroatoms. The van der Waals surface area contributed by atoms with Gasteiger partial charge in [-0.15, -0.1) is 0 Å². The van der Waals surface area contributed by atoms with Gasteiger partial charge in [0.25, 0.3) is 5.91 Å². The van der Waals surface area contributed by atoms with Gasteiger partial charge < -0.3 is 9.64 Å². The maximum atomic E-state index is 13.7. The number of ether oxygens (including phenoxy) is 1. The highest BCUT2D eigenvalue weighted by Gasteiger charge is 2.24. The van der Waals surface area contributed by atoms with Crippen LogP contribution in [0.4, 0.5) is 4.39 Å². The topological polar surface area (TPSA) is 29.5 Å². The first-order valence-electron chi connectivity index (χ1n) is 7.49. The third-order valence-corrected chi connectivity index (χ3v) is 4.41. The molecule has 0 aromatic heterocycles. The zero-order valence-electron chi connectivity index (χ0n) is 12.3. The molecule has 0 radical (unpaired) electrons. The molecule has 0 bridgehead atoms.